The van der Waals surface area contributed by atoms with E-state index in [-0.39, 0.29) is 5.41 Å². The van der Waals surface area contributed by atoms with Crippen molar-refractivity contribution in [1.82, 2.24) is 19.9 Å². The molecule has 0 aliphatic carbocycles. The first-order valence-electron chi connectivity index (χ1n) is 14.0. The Hall–Kier alpha value is -3.76. The number of nitrogens with zero attached hydrogens (tertiary/aromatic N) is 6. The second-order valence-corrected chi connectivity index (χ2v) is 13.0. The smallest absolute Gasteiger partial charge is 0.229 e. The van der Waals surface area contributed by atoms with Crippen LogP contribution in [0.15, 0.2) is 65.8 Å². The van der Waals surface area contributed by atoms with Crippen LogP contribution < -0.4 is 19.3 Å². The van der Waals surface area contributed by atoms with Crippen LogP contribution in [-0.2, 0) is 16.4 Å². The number of fused-ring (bicyclic) bond motifs is 2. The van der Waals surface area contributed by atoms with E-state index in [1.54, 1.807) is 13.3 Å². The maximum atomic E-state index is 14.0. The van der Waals surface area contributed by atoms with E-state index in [1.165, 1.54) is 0 Å². The fraction of sp³-hybridized carbons (Fsp3) is 0.387. The molecular weight excluding hydrogens is 534 g/mol. The van der Waals surface area contributed by atoms with Gasteiger partial charge in [0.2, 0.25) is 5.95 Å². The third kappa shape index (κ3) is 5.22. The third-order valence-electron chi connectivity index (χ3n) is 8.25. The van der Waals surface area contributed by atoms with Gasteiger partial charge in [0.15, 0.2) is 11.0 Å². The summed E-state index contributed by atoms with van der Waals surface area (Å²) >= 11 is 0. The quantitative estimate of drug-likeness (QED) is 0.327. The van der Waals surface area contributed by atoms with Gasteiger partial charge in [0.25, 0.3) is 0 Å². The lowest BCUT2D eigenvalue weighted by Crippen LogP contribution is -2.41. The molecule has 2 aromatic carbocycles. The molecule has 2 aliphatic rings. The van der Waals surface area contributed by atoms with Gasteiger partial charge < -0.3 is 19.9 Å². The molecule has 0 bridgehead atoms. The predicted octanol–water partition coefficient (Wildman–Crippen LogP) is 5.13. The molecule has 0 saturated carbocycles. The second-order valence-electron chi connectivity index (χ2n) is 11.6. The standard InChI is InChI=1S/C31H37N7O2S/c1-31(2)20-38(41(39)27-10-6-8-21-9-7-15-32-28(21)27)29-24(31)19-33-30(35-29)34-25-12-11-23(18-26(25)40-5)37-16-13-22(14-17-37)36(3)4/h6-12,15,18-19,22H,13-14,16-17,20H2,1-5H3,(H,33,34,35). The van der Waals surface area contributed by atoms with E-state index in [2.05, 4.69) is 65.2 Å². The number of aromatic nitrogens is 3. The molecule has 0 amide bonds. The van der Waals surface area contributed by atoms with Crippen LogP contribution in [0.1, 0.15) is 32.3 Å². The molecule has 2 aromatic heterocycles. The van der Waals surface area contributed by atoms with Crippen molar-refractivity contribution in [3.63, 3.8) is 0 Å². The minimum atomic E-state index is -1.49. The zero-order valence-corrected chi connectivity index (χ0v) is 25.1. The number of hydrogen-bond acceptors (Lipinski definition) is 8. The van der Waals surface area contributed by atoms with Crippen LogP contribution >= 0.6 is 0 Å². The summed E-state index contributed by atoms with van der Waals surface area (Å²) in [6.45, 7) is 6.84. The van der Waals surface area contributed by atoms with Crippen LogP contribution in [0.2, 0.25) is 0 Å². The van der Waals surface area contributed by atoms with Crippen molar-refractivity contribution < 1.29 is 8.95 Å². The Morgan fingerprint density at radius 1 is 1.07 bits per heavy atom. The van der Waals surface area contributed by atoms with Crippen LogP contribution in [0.5, 0.6) is 5.75 Å². The van der Waals surface area contributed by atoms with Crippen LogP contribution in [0.4, 0.5) is 23.1 Å². The van der Waals surface area contributed by atoms with Gasteiger partial charge in [0.05, 0.1) is 23.2 Å². The van der Waals surface area contributed by atoms with Crippen LogP contribution in [0, 0.1) is 0 Å². The van der Waals surface area contributed by atoms with Crippen molar-refractivity contribution in [1.29, 1.82) is 0 Å². The Morgan fingerprint density at radius 3 is 2.61 bits per heavy atom. The number of methoxy groups -OCH3 is 1. The van der Waals surface area contributed by atoms with E-state index in [1.807, 2.05) is 46.9 Å². The van der Waals surface area contributed by atoms with Gasteiger partial charge in [-0.1, -0.05) is 32.0 Å². The van der Waals surface area contributed by atoms with Gasteiger partial charge in [-0.15, -0.1) is 0 Å². The SMILES string of the molecule is COc1cc(N2CCC(N(C)C)CC2)ccc1Nc1ncc2c(n1)N(S(=O)c1cccc3cccnc13)CC2(C)C. The van der Waals surface area contributed by atoms with E-state index in [0.29, 0.717) is 29.2 Å². The Bertz CT molecular complexity index is 1600. The van der Waals surface area contributed by atoms with Crippen LogP contribution in [0.25, 0.3) is 10.9 Å². The fourth-order valence-corrected chi connectivity index (χ4v) is 7.34. The number of anilines is 4. The summed E-state index contributed by atoms with van der Waals surface area (Å²) in [6, 6.07) is 16.5. The minimum Gasteiger partial charge on any atom is -0.494 e. The number of pyridine rings is 1. The zero-order chi connectivity index (χ0) is 28.7. The highest BCUT2D eigenvalue weighted by Crippen LogP contribution is 2.42. The van der Waals surface area contributed by atoms with Gasteiger partial charge in [-0.25, -0.2) is 9.19 Å². The molecule has 6 rings (SSSR count). The average molecular weight is 572 g/mol. The number of para-hydroxylation sites is 1. The largest absolute Gasteiger partial charge is 0.494 e. The second kappa shape index (κ2) is 10.9. The van der Waals surface area contributed by atoms with Gasteiger partial charge in [0, 0.05) is 66.2 Å². The summed E-state index contributed by atoms with van der Waals surface area (Å²) in [5, 5.41) is 4.31. The summed E-state index contributed by atoms with van der Waals surface area (Å²) in [5.74, 6) is 1.82. The molecular formula is C31H37N7O2S. The Labute approximate surface area is 244 Å². The van der Waals surface area contributed by atoms with Gasteiger partial charge in [0.1, 0.15) is 11.6 Å². The van der Waals surface area contributed by atoms with Crippen molar-refractivity contribution >= 4 is 45.0 Å². The van der Waals surface area contributed by atoms with Crippen molar-refractivity contribution in [2.45, 2.75) is 43.0 Å². The normalized spacial score (nSPS) is 17.6. The molecule has 1 fully saturated rings. The van der Waals surface area contributed by atoms with Crippen molar-refractivity contribution in [2.75, 3.05) is 55.4 Å². The Balaban J connectivity index is 1.27. The molecule has 1 N–H and O–H groups in total. The van der Waals surface area contributed by atoms with E-state index in [9.17, 15) is 4.21 Å². The average Bonchev–Trinajstić information content (AvgIpc) is 3.26. The lowest BCUT2D eigenvalue weighted by Gasteiger charge is -2.36. The molecule has 4 heterocycles. The van der Waals surface area contributed by atoms with Gasteiger partial charge in [-0.3, -0.25) is 9.29 Å². The maximum Gasteiger partial charge on any atom is 0.229 e. The monoisotopic (exact) mass is 571 g/mol. The number of nitrogens with one attached hydrogen (secondary N) is 1. The highest BCUT2D eigenvalue weighted by molar-refractivity contribution is 7.86. The van der Waals surface area contributed by atoms with E-state index in [4.69, 9.17) is 9.72 Å². The molecule has 1 atom stereocenters. The van der Waals surface area contributed by atoms with Gasteiger partial charge in [-0.05, 0) is 51.2 Å². The lowest BCUT2D eigenvalue weighted by molar-refractivity contribution is 0.249. The molecule has 41 heavy (non-hydrogen) atoms. The highest BCUT2D eigenvalue weighted by atomic mass is 32.2. The highest BCUT2D eigenvalue weighted by Gasteiger charge is 2.40. The van der Waals surface area contributed by atoms with E-state index >= 15 is 0 Å². The first-order valence-corrected chi connectivity index (χ1v) is 15.1. The molecule has 0 spiro atoms. The molecule has 1 saturated heterocycles. The number of benzene rings is 2. The molecule has 2 aliphatic heterocycles. The number of piperidine rings is 1. The van der Waals surface area contributed by atoms with Crippen molar-refractivity contribution in [2.24, 2.45) is 0 Å². The first-order chi connectivity index (χ1) is 19.7. The summed E-state index contributed by atoms with van der Waals surface area (Å²) < 4.78 is 21.7. The summed E-state index contributed by atoms with van der Waals surface area (Å²) in [4.78, 5) is 19.5. The topological polar surface area (TPSA) is 86.7 Å². The predicted molar refractivity (Wildman–Crippen MR) is 166 cm³/mol. The maximum absolute atomic E-state index is 14.0. The van der Waals surface area contributed by atoms with Crippen LogP contribution in [0.3, 0.4) is 0 Å². The zero-order valence-electron chi connectivity index (χ0n) is 24.3. The molecule has 1 unspecified atom stereocenters. The molecule has 214 valence electrons. The van der Waals surface area contributed by atoms with E-state index < -0.39 is 11.0 Å². The summed E-state index contributed by atoms with van der Waals surface area (Å²) in [5.41, 5.74) is 3.37. The number of ether oxygens (including phenoxy) is 1. The van der Waals surface area contributed by atoms with Gasteiger partial charge >= 0.3 is 0 Å². The van der Waals surface area contributed by atoms with E-state index in [0.717, 1.165) is 59.5 Å². The molecule has 4 aromatic rings. The van der Waals surface area contributed by atoms with Gasteiger partial charge in [-0.2, -0.15) is 4.98 Å². The number of hydrogen-bond donors (Lipinski definition) is 1. The minimum absolute atomic E-state index is 0.263. The molecule has 0 radical (unpaired) electrons. The third-order valence-corrected chi connectivity index (χ3v) is 9.66. The summed E-state index contributed by atoms with van der Waals surface area (Å²) in [7, 11) is 4.50. The fourth-order valence-electron chi connectivity index (χ4n) is 5.83. The number of rotatable bonds is 7. The van der Waals surface area contributed by atoms with Crippen molar-refractivity contribution in [3.8, 4) is 5.75 Å². The first kappa shape index (κ1) is 27.4. The molecule has 10 heteroatoms. The Morgan fingerprint density at radius 2 is 1.85 bits per heavy atom. The van der Waals surface area contributed by atoms with Crippen LogP contribution in [-0.4, -0.2) is 70.9 Å². The van der Waals surface area contributed by atoms with Crippen molar-refractivity contribution in [3.05, 3.63) is 66.5 Å². The lowest BCUT2D eigenvalue weighted by atomic mass is 9.89. The Kier molecular flexibility index (Phi) is 7.29. The summed E-state index contributed by atoms with van der Waals surface area (Å²) in [6.07, 6.45) is 5.86. The molecule has 9 nitrogen and oxygen atoms in total.